The Morgan fingerprint density at radius 3 is 2.48 bits per heavy atom. The van der Waals surface area contributed by atoms with Gasteiger partial charge in [-0.25, -0.2) is 9.48 Å². The third kappa shape index (κ3) is 4.41. The minimum absolute atomic E-state index is 0.0268. The molecule has 0 N–H and O–H groups in total. The van der Waals surface area contributed by atoms with Crippen LogP contribution in [0.1, 0.15) is 32.0 Å². The van der Waals surface area contributed by atoms with Crippen LogP contribution < -0.4 is 4.74 Å². The maximum Gasteiger partial charge on any atom is 0.377 e. The van der Waals surface area contributed by atoms with Crippen LogP contribution in [0.25, 0.3) is 5.69 Å². The van der Waals surface area contributed by atoms with Gasteiger partial charge in [-0.05, 0) is 24.6 Å². The van der Waals surface area contributed by atoms with Gasteiger partial charge in [-0.3, -0.25) is 0 Å². The molecule has 0 saturated carbocycles. The summed E-state index contributed by atoms with van der Waals surface area (Å²) in [6.45, 7) is 8.23. The summed E-state index contributed by atoms with van der Waals surface area (Å²) in [7, 11) is 2.73. The molecule has 0 bridgehead atoms. The minimum atomic E-state index is -0.610. The van der Waals surface area contributed by atoms with Gasteiger partial charge in [0, 0.05) is 17.7 Å². The number of hydrogen-bond acceptors (Lipinski definition) is 5. The van der Waals surface area contributed by atoms with Crippen molar-refractivity contribution in [1.82, 2.24) is 9.78 Å². The average molecular weight is 344 g/mol. The predicted octanol–water partition coefficient (Wildman–Crippen LogP) is 3.52. The molecule has 0 unspecified atom stereocenters. The lowest BCUT2D eigenvalue weighted by Gasteiger charge is -2.15. The molecule has 2 rings (SSSR count). The molecule has 0 aliphatic carbocycles. The second kappa shape index (κ2) is 7.42. The summed E-state index contributed by atoms with van der Waals surface area (Å²) < 4.78 is 17.1. The summed E-state index contributed by atoms with van der Waals surface area (Å²) >= 11 is 0. The molecule has 25 heavy (non-hydrogen) atoms. The molecule has 0 radical (unpaired) electrons. The van der Waals surface area contributed by atoms with Gasteiger partial charge in [0.15, 0.2) is 0 Å². The average Bonchev–Trinajstić information content (AvgIpc) is 3.06. The molecule has 1 heterocycles. The Morgan fingerprint density at radius 1 is 1.20 bits per heavy atom. The summed E-state index contributed by atoms with van der Waals surface area (Å²) in [4.78, 5) is 11.8. The van der Waals surface area contributed by atoms with Crippen LogP contribution in [0.4, 0.5) is 0 Å². The van der Waals surface area contributed by atoms with Gasteiger partial charge < -0.3 is 14.2 Å². The molecule has 6 nitrogen and oxygen atoms in total. The Balaban J connectivity index is 2.36. The van der Waals surface area contributed by atoms with Gasteiger partial charge in [0.05, 0.1) is 25.6 Å². The van der Waals surface area contributed by atoms with Gasteiger partial charge in [-0.15, -0.1) is 0 Å². The third-order valence-corrected chi connectivity index (χ3v) is 3.63. The minimum Gasteiger partial charge on any atom is -0.500 e. The molecule has 0 aliphatic heterocycles. The highest BCUT2D eigenvalue weighted by Gasteiger charge is 2.18. The molecule has 0 spiro atoms. The molecule has 0 aliphatic rings. The molecular formula is C19H24N2O4. The van der Waals surface area contributed by atoms with Crippen molar-refractivity contribution in [3.8, 4) is 11.4 Å². The number of hydrogen-bond donors (Lipinski definition) is 0. The first-order valence-electron chi connectivity index (χ1n) is 7.92. The van der Waals surface area contributed by atoms with Crippen molar-refractivity contribution in [1.29, 1.82) is 0 Å². The molecule has 0 atom stereocenters. The molecule has 0 saturated heterocycles. The monoisotopic (exact) mass is 344 g/mol. The summed E-state index contributed by atoms with van der Waals surface area (Å²) in [5.74, 6) is -0.110. The summed E-state index contributed by atoms with van der Waals surface area (Å²) in [5, 5.41) is 4.62. The molecule has 1 aromatic carbocycles. The van der Waals surface area contributed by atoms with E-state index in [1.807, 2.05) is 37.4 Å². The predicted molar refractivity (Wildman–Crippen MR) is 94.7 cm³/mol. The molecule has 134 valence electrons. The SMILES string of the molecule is CO/C=C(\Oc1cc(-n2ccc(C(C)(C)C)n2)ccc1C)C(=O)OC. The smallest absolute Gasteiger partial charge is 0.377 e. The molecule has 6 heteroatoms. The fourth-order valence-electron chi connectivity index (χ4n) is 2.15. The zero-order chi connectivity index (χ0) is 18.6. The van der Waals surface area contributed by atoms with Crippen LogP contribution in [-0.2, 0) is 19.7 Å². The van der Waals surface area contributed by atoms with Crippen molar-refractivity contribution in [2.75, 3.05) is 14.2 Å². The van der Waals surface area contributed by atoms with Crippen molar-refractivity contribution in [2.45, 2.75) is 33.1 Å². The summed E-state index contributed by atoms with van der Waals surface area (Å²) in [6, 6.07) is 7.66. The number of carbonyl (C=O) groups is 1. The Morgan fingerprint density at radius 2 is 1.92 bits per heavy atom. The Labute approximate surface area is 148 Å². The summed E-state index contributed by atoms with van der Waals surface area (Å²) in [5.41, 5.74) is 2.66. The van der Waals surface area contributed by atoms with Crippen molar-refractivity contribution in [3.63, 3.8) is 0 Å². The van der Waals surface area contributed by atoms with Gasteiger partial charge in [-0.2, -0.15) is 5.10 Å². The topological polar surface area (TPSA) is 62.6 Å². The second-order valence-corrected chi connectivity index (χ2v) is 6.66. The first-order valence-corrected chi connectivity index (χ1v) is 7.92. The number of rotatable bonds is 5. The van der Waals surface area contributed by atoms with E-state index in [2.05, 4.69) is 25.9 Å². The van der Waals surface area contributed by atoms with E-state index < -0.39 is 5.97 Å². The highest BCUT2D eigenvalue weighted by atomic mass is 16.6. The van der Waals surface area contributed by atoms with Crippen molar-refractivity contribution in [2.24, 2.45) is 0 Å². The van der Waals surface area contributed by atoms with Crippen LogP contribution in [0.2, 0.25) is 0 Å². The fraction of sp³-hybridized carbons (Fsp3) is 0.368. The van der Waals surface area contributed by atoms with Crippen molar-refractivity contribution >= 4 is 5.97 Å². The van der Waals surface area contributed by atoms with E-state index in [0.29, 0.717) is 5.75 Å². The number of carbonyl (C=O) groups excluding carboxylic acids is 1. The van der Waals surface area contributed by atoms with E-state index in [-0.39, 0.29) is 11.2 Å². The summed E-state index contributed by atoms with van der Waals surface area (Å²) in [6.07, 6.45) is 3.12. The highest BCUT2D eigenvalue weighted by Crippen LogP contribution is 2.26. The van der Waals surface area contributed by atoms with E-state index in [1.54, 1.807) is 4.68 Å². The zero-order valence-corrected chi connectivity index (χ0v) is 15.5. The van der Waals surface area contributed by atoms with Crippen LogP contribution in [0.5, 0.6) is 5.75 Å². The first-order chi connectivity index (χ1) is 11.8. The Hall–Kier alpha value is -2.76. The first kappa shape index (κ1) is 18.6. The van der Waals surface area contributed by atoms with Crippen LogP contribution >= 0.6 is 0 Å². The number of ether oxygens (including phenoxy) is 3. The van der Waals surface area contributed by atoms with E-state index in [4.69, 9.17) is 14.2 Å². The number of methoxy groups -OCH3 is 2. The quantitative estimate of drug-likeness (QED) is 0.472. The van der Waals surface area contributed by atoms with E-state index >= 15 is 0 Å². The highest BCUT2D eigenvalue weighted by molar-refractivity contribution is 5.86. The van der Waals surface area contributed by atoms with Gasteiger partial charge in [-0.1, -0.05) is 26.8 Å². The van der Waals surface area contributed by atoms with E-state index in [0.717, 1.165) is 16.9 Å². The van der Waals surface area contributed by atoms with Gasteiger partial charge in [0.1, 0.15) is 12.0 Å². The van der Waals surface area contributed by atoms with Gasteiger partial charge in [0.2, 0.25) is 5.76 Å². The van der Waals surface area contributed by atoms with E-state index in [9.17, 15) is 4.79 Å². The van der Waals surface area contributed by atoms with Crippen LogP contribution in [0.3, 0.4) is 0 Å². The standard InChI is InChI=1S/C19H24N2O4/c1-13-7-8-14(21-10-9-17(20-21)19(2,3)4)11-15(13)25-16(12-23-5)18(22)24-6/h7-12H,1-6H3/b16-12-. The number of aromatic nitrogens is 2. The largest absolute Gasteiger partial charge is 0.500 e. The van der Waals surface area contributed by atoms with E-state index in [1.165, 1.54) is 20.5 Å². The normalized spacial score (nSPS) is 12.0. The Kier molecular flexibility index (Phi) is 5.51. The third-order valence-electron chi connectivity index (χ3n) is 3.63. The fourth-order valence-corrected chi connectivity index (χ4v) is 2.15. The second-order valence-electron chi connectivity index (χ2n) is 6.66. The van der Waals surface area contributed by atoms with Crippen molar-refractivity contribution in [3.05, 3.63) is 53.7 Å². The van der Waals surface area contributed by atoms with Crippen LogP contribution in [0, 0.1) is 6.92 Å². The van der Waals surface area contributed by atoms with Crippen LogP contribution in [0.15, 0.2) is 42.5 Å². The Bertz CT molecular complexity index is 785. The zero-order valence-electron chi connectivity index (χ0n) is 15.5. The maximum absolute atomic E-state index is 11.8. The van der Waals surface area contributed by atoms with Crippen molar-refractivity contribution < 1.29 is 19.0 Å². The number of esters is 1. The molecule has 0 amide bonds. The van der Waals surface area contributed by atoms with Crippen LogP contribution in [-0.4, -0.2) is 30.0 Å². The maximum atomic E-state index is 11.8. The van der Waals surface area contributed by atoms with Gasteiger partial charge >= 0.3 is 5.97 Å². The number of nitrogens with zero attached hydrogens (tertiary/aromatic N) is 2. The molecule has 1 aromatic heterocycles. The molecular weight excluding hydrogens is 320 g/mol. The molecule has 0 fully saturated rings. The number of aryl methyl sites for hydroxylation is 1. The molecule has 2 aromatic rings. The lowest BCUT2D eigenvalue weighted by Crippen LogP contribution is -2.13. The number of benzene rings is 1. The lowest BCUT2D eigenvalue weighted by atomic mass is 9.93. The van der Waals surface area contributed by atoms with Gasteiger partial charge in [0.25, 0.3) is 0 Å². The lowest BCUT2D eigenvalue weighted by molar-refractivity contribution is -0.138.